The highest BCUT2D eigenvalue weighted by Crippen LogP contribution is 1.99. The summed E-state index contributed by atoms with van der Waals surface area (Å²) in [5.41, 5.74) is 0. The normalized spacial score (nSPS) is 16.9. The summed E-state index contributed by atoms with van der Waals surface area (Å²) in [6.07, 6.45) is 0.520. The Balaban J connectivity index is 3.88. The Hall–Kier alpha value is -0.610. The molecule has 3 unspecified atom stereocenters. The van der Waals surface area contributed by atoms with Crippen molar-refractivity contribution in [3.05, 3.63) is 0 Å². The zero-order valence-corrected chi connectivity index (χ0v) is 11.1. The lowest BCUT2D eigenvalue weighted by atomic mass is 10.1. The van der Waals surface area contributed by atoms with Gasteiger partial charge >= 0.3 is 0 Å². The zero-order valence-electron chi connectivity index (χ0n) is 11.1. The topological polar surface area (TPSA) is 61.4 Å². The molecule has 3 atom stereocenters. The lowest BCUT2D eigenvalue weighted by molar-refractivity contribution is -0.123. The van der Waals surface area contributed by atoms with E-state index in [9.17, 15) is 9.90 Å². The van der Waals surface area contributed by atoms with E-state index in [0.29, 0.717) is 6.54 Å². The van der Waals surface area contributed by atoms with Gasteiger partial charge in [0.1, 0.15) is 0 Å². The van der Waals surface area contributed by atoms with Crippen LogP contribution in [0.1, 0.15) is 41.0 Å². The van der Waals surface area contributed by atoms with Crippen molar-refractivity contribution < 1.29 is 9.90 Å². The van der Waals surface area contributed by atoms with Crippen LogP contribution in [-0.4, -0.2) is 35.7 Å². The van der Waals surface area contributed by atoms with Crippen LogP contribution in [0.25, 0.3) is 0 Å². The third kappa shape index (κ3) is 6.08. The molecular formula is C12H26N2O2. The average molecular weight is 230 g/mol. The summed E-state index contributed by atoms with van der Waals surface area (Å²) in [7, 11) is 0. The molecule has 1 amide bonds. The molecule has 0 aromatic heterocycles. The van der Waals surface area contributed by atoms with Crippen LogP contribution in [0, 0.1) is 5.92 Å². The Morgan fingerprint density at radius 2 is 1.81 bits per heavy atom. The number of nitrogens with one attached hydrogen (secondary N) is 2. The summed E-state index contributed by atoms with van der Waals surface area (Å²) in [5.74, 6) is 0.197. The highest BCUT2D eigenvalue weighted by molar-refractivity contribution is 5.81. The molecule has 0 aliphatic rings. The van der Waals surface area contributed by atoms with E-state index < -0.39 is 6.10 Å². The van der Waals surface area contributed by atoms with E-state index in [0.717, 1.165) is 6.42 Å². The molecule has 0 aliphatic heterocycles. The van der Waals surface area contributed by atoms with Gasteiger partial charge in [0, 0.05) is 12.6 Å². The fourth-order valence-electron chi connectivity index (χ4n) is 1.10. The number of hydrogen-bond donors (Lipinski definition) is 3. The van der Waals surface area contributed by atoms with Gasteiger partial charge in [-0.2, -0.15) is 0 Å². The Bertz CT molecular complexity index is 207. The van der Waals surface area contributed by atoms with E-state index in [2.05, 4.69) is 10.6 Å². The maximum Gasteiger partial charge on any atom is 0.237 e. The van der Waals surface area contributed by atoms with Gasteiger partial charge in [0.05, 0.1) is 12.1 Å². The first-order valence-corrected chi connectivity index (χ1v) is 6.10. The van der Waals surface area contributed by atoms with E-state index in [1.165, 1.54) is 0 Å². The summed E-state index contributed by atoms with van der Waals surface area (Å²) in [5, 5.41) is 15.5. The predicted molar refractivity (Wildman–Crippen MR) is 66.2 cm³/mol. The van der Waals surface area contributed by atoms with Gasteiger partial charge in [-0.3, -0.25) is 4.79 Å². The van der Waals surface area contributed by atoms with E-state index in [-0.39, 0.29) is 23.9 Å². The van der Waals surface area contributed by atoms with Gasteiger partial charge < -0.3 is 15.7 Å². The molecule has 96 valence electrons. The molecule has 3 N–H and O–H groups in total. The summed E-state index contributed by atoms with van der Waals surface area (Å²) in [4.78, 5) is 11.6. The van der Waals surface area contributed by atoms with Gasteiger partial charge in [0.15, 0.2) is 0 Å². The molecule has 16 heavy (non-hydrogen) atoms. The lowest BCUT2D eigenvalue weighted by Gasteiger charge is -2.20. The Labute approximate surface area is 98.8 Å². The second kappa shape index (κ2) is 7.63. The molecule has 0 rings (SSSR count). The van der Waals surface area contributed by atoms with Crippen molar-refractivity contribution in [2.24, 2.45) is 5.92 Å². The van der Waals surface area contributed by atoms with Crippen molar-refractivity contribution in [3.8, 4) is 0 Å². The SMILES string of the molecule is CCC(C)NC(=O)C(C)NCC(O)C(C)C. The number of carbonyl (C=O) groups excluding carboxylic acids is 1. The molecular weight excluding hydrogens is 204 g/mol. The van der Waals surface area contributed by atoms with Crippen LogP contribution in [-0.2, 0) is 4.79 Å². The van der Waals surface area contributed by atoms with Gasteiger partial charge in [-0.25, -0.2) is 0 Å². The van der Waals surface area contributed by atoms with Crippen LogP contribution < -0.4 is 10.6 Å². The van der Waals surface area contributed by atoms with Gasteiger partial charge in [-0.05, 0) is 26.2 Å². The molecule has 0 saturated carbocycles. The van der Waals surface area contributed by atoms with Crippen molar-refractivity contribution in [3.63, 3.8) is 0 Å². The highest BCUT2D eigenvalue weighted by Gasteiger charge is 2.16. The Morgan fingerprint density at radius 1 is 1.25 bits per heavy atom. The standard InChI is InChI=1S/C12H26N2O2/c1-6-9(4)14-12(16)10(5)13-7-11(15)8(2)3/h8-11,13,15H,6-7H2,1-5H3,(H,14,16). The summed E-state index contributed by atoms with van der Waals surface area (Å²) in [6, 6.07) is -0.0610. The second-order valence-electron chi connectivity index (χ2n) is 4.76. The van der Waals surface area contributed by atoms with E-state index >= 15 is 0 Å². The van der Waals surface area contributed by atoms with Crippen molar-refractivity contribution >= 4 is 5.91 Å². The number of aliphatic hydroxyl groups is 1. The van der Waals surface area contributed by atoms with Crippen LogP contribution >= 0.6 is 0 Å². The van der Waals surface area contributed by atoms with Crippen molar-refractivity contribution in [2.75, 3.05) is 6.54 Å². The fraction of sp³-hybridized carbons (Fsp3) is 0.917. The van der Waals surface area contributed by atoms with Crippen molar-refractivity contribution in [2.45, 2.75) is 59.2 Å². The number of aliphatic hydroxyl groups excluding tert-OH is 1. The number of amides is 1. The Kier molecular flexibility index (Phi) is 7.34. The van der Waals surface area contributed by atoms with Gasteiger partial charge in [0.2, 0.25) is 5.91 Å². The van der Waals surface area contributed by atoms with Crippen LogP contribution in [0.15, 0.2) is 0 Å². The summed E-state index contributed by atoms with van der Waals surface area (Å²) >= 11 is 0. The van der Waals surface area contributed by atoms with Crippen LogP contribution in [0.5, 0.6) is 0 Å². The van der Waals surface area contributed by atoms with Crippen LogP contribution in [0.4, 0.5) is 0 Å². The third-order valence-corrected chi connectivity index (χ3v) is 2.80. The highest BCUT2D eigenvalue weighted by atomic mass is 16.3. The molecule has 0 spiro atoms. The summed E-state index contributed by atoms with van der Waals surface area (Å²) < 4.78 is 0. The fourth-order valence-corrected chi connectivity index (χ4v) is 1.10. The second-order valence-corrected chi connectivity index (χ2v) is 4.76. The number of carbonyl (C=O) groups is 1. The number of rotatable bonds is 7. The maximum atomic E-state index is 11.6. The minimum Gasteiger partial charge on any atom is -0.392 e. The minimum atomic E-state index is -0.404. The van der Waals surface area contributed by atoms with Gasteiger partial charge in [-0.15, -0.1) is 0 Å². The first kappa shape index (κ1) is 15.4. The zero-order chi connectivity index (χ0) is 12.7. The molecule has 0 aliphatic carbocycles. The predicted octanol–water partition coefficient (Wildman–Crippen LogP) is 0.896. The molecule has 0 radical (unpaired) electrons. The van der Waals surface area contributed by atoms with Gasteiger partial charge in [-0.1, -0.05) is 20.8 Å². The molecule has 4 heteroatoms. The van der Waals surface area contributed by atoms with Gasteiger partial charge in [0.25, 0.3) is 0 Å². The van der Waals surface area contributed by atoms with Crippen LogP contribution in [0.2, 0.25) is 0 Å². The van der Waals surface area contributed by atoms with Crippen LogP contribution in [0.3, 0.4) is 0 Å². The lowest BCUT2D eigenvalue weighted by Crippen LogP contribution is -2.47. The van der Waals surface area contributed by atoms with E-state index in [1.54, 1.807) is 0 Å². The van der Waals surface area contributed by atoms with E-state index in [1.807, 2.05) is 34.6 Å². The maximum absolute atomic E-state index is 11.6. The largest absolute Gasteiger partial charge is 0.392 e. The number of hydrogen-bond acceptors (Lipinski definition) is 3. The average Bonchev–Trinajstić information content (AvgIpc) is 2.24. The van der Waals surface area contributed by atoms with Crippen molar-refractivity contribution in [1.82, 2.24) is 10.6 Å². The molecule has 4 nitrogen and oxygen atoms in total. The quantitative estimate of drug-likeness (QED) is 0.609. The molecule has 0 heterocycles. The van der Waals surface area contributed by atoms with E-state index in [4.69, 9.17) is 0 Å². The minimum absolute atomic E-state index is 0.00898. The molecule has 0 saturated heterocycles. The smallest absolute Gasteiger partial charge is 0.237 e. The van der Waals surface area contributed by atoms with Crippen molar-refractivity contribution in [1.29, 1.82) is 0 Å². The summed E-state index contributed by atoms with van der Waals surface area (Å²) in [6.45, 7) is 10.2. The third-order valence-electron chi connectivity index (χ3n) is 2.80. The molecule has 0 fully saturated rings. The first-order valence-electron chi connectivity index (χ1n) is 6.10. The molecule has 0 aromatic rings. The molecule has 0 bridgehead atoms. The Morgan fingerprint density at radius 3 is 2.25 bits per heavy atom. The first-order chi connectivity index (χ1) is 7.38. The monoisotopic (exact) mass is 230 g/mol. The molecule has 0 aromatic carbocycles.